The zero-order chi connectivity index (χ0) is 14.5. The van der Waals surface area contributed by atoms with Gasteiger partial charge in [-0.25, -0.2) is 0 Å². The van der Waals surface area contributed by atoms with Crippen LogP contribution in [-0.2, 0) is 0 Å². The summed E-state index contributed by atoms with van der Waals surface area (Å²) in [4.78, 5) is 0. The highest BCUT2D eigenvalue weighted by molar-refractivity contribution is 6.34. The number of methoxy groups -OCH3 is 1. The van der Waals surface area contributed by atoms with Crippen LogP contribution in [0, 0.1) is 0 Å². The number of rotatable bonds is 5. The van der Waals surface area contributed by atoms with E-state index in [1.807, 2.05) is 18.2 Å². The molecule has 1 unspecified atom stereocenters. The van der Waals surface area contributed by atoms with E-state index in [-0.39, 0.29) is 6.61 Å². The minimum absolute atomic E-state index is 0.101. The van der Waals surface area contributed by atoms with Crippen LogP contribution in [0.2, 0.25) is 10.0 Å². The maximum absolute atomic E-state index is 10.1. The van der Waals surface area contributed by atoms with E-state index in [4.69, 9.17) is 32.7 Å². The van der Waals surface area contributed by atoms with Gasteiger partial charge < -0.3 is 14.6 Å². The first-order chi connectivity index (χ1) is 9.58. The van der Waals surface area contributed by atoms with Crippen LogP contribution in [0.5, 0.6) is 11.5 Å². The monoisotopic (exact) mass is 312 g/mol. The van der Waals surface area contributed by atoms with Crippen molar-refractivity contribution in [3.63, 3.8) is 0 Å². The molecule has 0 bridgehead atoms. The first-order valence-electron chi connectivity index (χ1n) is 5.99. The Labute approximate surface area is 127 Å². The molecule has 2 rings (SSSR count). The van der Waals surface area contributed by atoms with Crippen LogP contribution in [0.3, 0.4) is 0 Å². The van der Waals surface area contributed by atoms with Crippen molar-refractivity contribution in [1.82, 2.24) is 0 Å². The molecule has 5 heteroatoms. The number of hydrogen-bond donors (Lipinski definition) is 1. The predicted octanol–water partition coefficient (Wildman–Crippen LogP) is 4.11. The number of benzene rings is 2. The number of aliphatic hydroxyl groups excluding tert-OH is 1. The average molecular weight is 313 g/mol. The highest BCUT2D eigenvalue weighted by Gasteiger charge is 2.10. The van der Waals surface area contributed by atoms with Crippen LogP contribution >= 0.6 is 23.2 Å². The van der Waals surface area contributed by atoms with Crippen LogP contribution in [0.1, 0.15) is 11.7 Å². The van der Waals surface area contributed by atoms with Gasteiger partial charge in [-0.3, -0.25) is 0 Å². The normalized spacial score (nSPS) is 12.0. The molecule has 2 aromatic rings. The van der Waals surface area contributed by atoms with Crippen LogP contribution in [0.4, 0.5) is 0 Å². The molecular formula is C15H14Cl2O3. The van der Waals surface area contributed by atoms with E-state index < -0.39 is 6.10 Å². The number of hydrogen-bond acceptors (Lipinski definition) is 3. The fourth-order valence-corrected chi connectivity index (χ4v) is 2.24. The molecule has 0 saturated carbocycles. The molecule has 0 saturated heterocycles. The van der Waals surface area contributed by atoms with Crippen LogP contribution in [-0.4, -0.2) is 18.8 Å². The van der Waals surface area contributed by atoms with Gasteiger partial charge in [-0.15, -0.1) is 0 Å². The molecule has 0 aromatic heterocycles. The van der Waals surface area contributed by atoms with Gasteiger partial charge in [0.1, 0.15) is 24.2 Å². The lowest BCUT2D eigenvalue weighted by atomic mass is 10.1. The van der Waals surface area contributed by atoms with Gasteiger partial charge in [-0.2, -0.15) is 0 Å². The second-order valence-electron chi connectivity index (χ2n) is 4.21. The lowest BCUT2D eigenvalue weighted by molar-refractivity contribution is 0.108. The summed E-state index contributed by atoms with van der Waals surface area (Å²) in [5.41, 5.74) is 0.720. The van der Waals surface area contributed by atoms with E-state index in [2.05, 4.69) is 0 Å². The minimum atomic E-state index is -0.761. The summed E-state index contributed by atoms with van der Waals surface area (Å²) in [6.07, 6.45) is -0.761. The van der Waals surface area contributed by atoms with Crippen molar-refractivity contribution in [3.8, 4) is 11.5 Å². The largest absolute Gasteiger partial charge is 0.497 e. The van der Waals surface area contributed by atoms with Crippen molar-refractivity contribution in [2.45, 2.75) is 6.10 Å². The summed E-state index contributed by atoms with van der Waals surface area (Å²) in [6.45, 7) is 0.101. The molecule has 0 heterocycles. The molecule has 0 aliphatic carbocycles. The third-order valence-electron chi connectivity index (χ3n) is 2.72. The van der Waals surface area contributed by atoms with Crippen molar-refractivity contribution >= 4 is 23.2 Å². The molecule has 0 spiro atoms. The van der Waals surface area contributed by atoms with E-state index >= 15 is 0 Å². The molecule has 0 radical (unpaired) electrons. The van der Waals surface area contributed by atoms with Gasteiger partial charge in [0.05, 0.1) is 7.11 Å². The molecular weight excluding hydrogens is 299 g/mol. The maximum Gasteiger partial charge on any atom is 0.122 e. The summed E-state index contributed by atoms with van der Waals surface area (Å²) in [7, 11) is 1.58. The summed E-state index contributed by atoms with van der Waals surface area (Å²) >= 11 is 11.8. The molecule has 0 aliphatic rings. The van der Waals surface area contributed by atoms with Crippen molar-refractivity contribution in [2.24, 2.45) is 0 Å². The molecule has 20 heavy (non-hydrogen) atoms. The van der Waals surface area contributed by atoms with Crippen molar-refractivity contribution in [1.29, 1.82) is 0 Å². The standard InChI is InChI=1S/C15H14Cl2O3/c1-19-13-4-2-3-10(5-13)15(18)9-20-14-7-11(16)6-12(17)8-14/h2-8,15,18H,9H2,1H3. The van der Waals surface area contributed by atoms with Crippen molar-refractivity contribution < 1.29 is 14.6 Å². The smallest absolute Gasteiger partial charge is 0.122 e. The Morgan fingerprint density at radius 3 is 2.40 bits per heavy atom. The Morgan fingerprint density at radius 2 is 1.75 bits per heavy atom. The number of halogens is 2. The zero-order valence-electron chi connectivity index (χ0n) is 10.8. The molecule has 0 fully saturated rings. The SMILES string of the molecule is COc1cccc(C(O)COc2cc(Cl)cc(Cl)c2)c1. The van der Waals surface area contributed by atoms with Gasteiger partial charge in [0.15, 0.2) is 0 Å². The molecule has 106 valence electrons. The summed E-state index contributed by atoms with van der Waals surface area (Å²) < 4.78 is 10.6. The van der Waals surface area contributed by atoms with Gasteiger partial charge in [0.2, 0.25) is 0 Å². The third-order valence-corrected chi connectivity index (χ3v) is 3.16. The molecule has 0 amide bonds. The minimum Gasteiger partial charge on any atom is -0.497 e. The Balaban J connectivity index is 2.02. The van der Waals surface area contributed by atoms with Crippen LogP contribution in [0.15, 0.2) is 42.5 Å². The van der Waals surface area contributed by atoms with Gasteiger partial charge in [0, 0.05) is 10.0 Å². The van der Waals surface area contributed by atoms with E-state index in [1.54, 1.807) is 31.4 Å². The van der Waals surface area contributed by atoms with Crippen molar-refractivity contribution in [3.05, 3.63) is 58.1 Å². The van der Waals surface area contributed by atoms with Gasteiger partial charge >= 0.3 is 0 Å². The number of aliphatic hydroxyl groups is 1. The lowest BCUT2D eigenvalue weighted by Crippen LogP contribution is -2.09. The number of ether oxygens (including phenoxy) is 2. The van der Waals surface area contributed by atoms with Crippen LogP contribution in [0.25, 0.3) is 0 Å². The average Bonchev–Trinajstić information content (AvgIpc) is 2.44. The van der Waals surface area contributed by atoms with Gasteiger partial charge in [-0.1, -0.05) is 35.3 Å². The lowest BCUT2D eigenvalue weighted by Gasteiger charge is -2.14. The first kappa shape index (κ1) is 15.0. The van der Waals surface area contributed by atoms with Gasteiger partial charge in [-0.05, 0) is 35.9 Å². The first-order valence-corrected chi connectivity index (χ1v) is 6.75. The summed E-state index contributed by atoms with van der Waals surface area (Å²) in [6, 6.07) is 12.1. The molecule has 2 aromatic carbocycles. The predicted molar refractivity (Wildman–Crippen MR) is 79.9 cm³/mol. The topological polar surface area (TPSA) is 38.7 Å². The second-order valence-corrected chi connectivity index (χ2v) is 5.08. The quantitative estimate of drug-likeness (QED) is 0.902. The molecule has 0 aliphatic heterocycles. The van der Waals surface area contributed by atoms with E-state index in [1.165, 1.54) is 0 Å². The fraction of sp³-hybridized carbons (Fsp3) is 0.200. The third kappa shape index (κ3) is 4.04. The Hall–Kier alpha value is -1.42. The van der Waals surface area contributed by atoms with E-state index in [0.29, 0.717) is 21.5 Å². The Kier molecular flexibility index (Phi) is 5.12. The Morgan fingerprint density at radius 1 is 1.05 bits per heavy atom. The van der Waals surface area contributed by atoms with Gasteiger partial charge in [0.25, 0.3) is 0 Å². The van der Waals surface area contributed by atoms with Crippen LogP contribution < -0.4 is 9.47 Å². The Bertz CT molecular complexity index is 567. The summed E-state index contributed by atoms with van der Waals surface area (Å²) in [5, 5.41) is 11.1. The van der Waals surface area contributed by atoms with Crippen molar-refractivity contribution in [2.75, 3.05) is 13.7 Å². The van der Waals surface area contributed by atoms with E-state index in [0.717, 1.165) is 5.56 Å². The highest BCUT2D eigenvalue weighted by atomic mass is 35.5. The summed E-state index contributed by atoms with van der Waals surface area (Å²) in [5.74, 6) is 1.21. The van der Waals surface area contributed by atoms with E-state index in [9.17, 15) is 5.11 Å². The molecule has 1 N–H and O–H groups in total. The fourth-order valence-electron chi connectivity index (χ4n) is 1.73. The second kappa shape index (κ2) is 6.84. The molecule has 3 nitrogen and oxygen atoms in total. The molecule has 1 atom stereocenters. The zero-order valence-corrected chi connectivity index (χ0v) is 12.4. The maximum atomic E-state index is 10.1. The highest BCUT2D eigenvalue weighted by Crippen LogP contribution is 2.25.